The molecule has 104 valence electrons. The largest absolute Gasteiger partial charge is 0.489 e. The van der Waals surface area contributed by atoms with Gasteiger partial charge in [-0.15, -0.1) is 0 Å². The molecule has 0 aliphatic carbocycles. The van der Waals surface area contributed by atoms with Crippen molar-refractivity contribution < 1.29 is 19.0 Å². The summed E-state index contributed by atoms with van der Waals surface area (Å²) in [5.74, 6) is -1.66. The van der Waals surface area contributed by atoms with Crippen LogP contribution in [0, 0.1) is 5.82 Å². The third-order valence-electron chi connectivity index (χ3n) is 2.51. The number of halogens is 3. The summed E-state index contributed by atoms with van der Waals surface area (Å²) in [5.41, 5.74) is 0.128. The molecule has 20 heavy (non-hydrogen) atoms. The van der Waals surface area contributed by atoms with Gasteiger partial charge in [0.05, 0.1) is 5.56 Å². The number of carboxylic acid groups (broad SMARTS) is 1. The SMILES string of the molecule is O=C(O)c1ccc(COc2cc(Cl)cc(Cl)c2)cc1F. The number of benzene rings is 2. The zero-order valence-corrected chi connectivity index (χ0v) is 11.6. The number of aromatic carboxylic acids is 1. The Balaban J connectivity index is 2.11. The Bertz CT molecular complexity index is 639. The van der Waals surface area contributed by atoms with Gasteiger partial charge in [0.25, 0.3) is 0 Å². The predicted molar refractivity (Wildman–Crippen MR) is 74.2 cm³/mol. The van der Waals surface area contributed by atoms with E-state index in [4.69, 9.17) is 33.0 Å². The Labute approximate surface area is 124 Å². The van der Waals surface area contributed by atoms with Crippen LogP contribution in [-0.4, -0.2) is 11.1 Å². The Morgan fingerprint density at radius 3 is 2.35 bits per heavy atom. The van der Waals surface area contributed by atoms with Crippen LogP contribution in [0.15, 0.2) is 36.4 Å². The Morgan fingerprint density at radius 1 is 1.15 bits per heavy atom. The molecule has 0 amide bonds. The second kappa shape index (κ2) is 6.11. The first-order chi connectivity index (χ1) is 9.45. The van der Waals surface area contributed by atoms with E-state index in [1.165, 1.54) is 12.1 Å². The third kappa shape index (κ3) is 3.62. The summed E-state index contributed by atoms with van der Waals surface area (Å²) < 4.78 is 18.9. The fourth-order valence-corrected chi connectivity index (χ4v) is 2.11. The van der Waals surface area contributed by atoms with E-state index in [-0.39, 0.29) is 12.2 Å². The molecule has 0 saturated carbocycles. The van der Waals surface area contributed by atoms with Crippen molar-refractivity contribution in [1.82, 2.24) is 0 Å². The summed E-state index contributed by atoms with van der Waals surface area (Å²) in [6, 6.07) is 8.53. The molecule has 0 radical (unpaired) electrons. The maximum atomic E-state index is 13.5. The smallest absolute Gasteiger partial charge is 0.338 e. The van der Waals surface area contributed by atoms with Gasteiger partial charge in [-0.3, -0.25) is 0 Å². The van der Waals surface area contributed by atoms with Crippen molar-refractivity contribution in [3.8, 4) is 5.75 Å². The molecule has 0 aromatic heterocycles. The van der Waals surface area contributed by atoms with Gasteiger partial charge in [0.15, 0.2) is 0 Å². The summed E-state index contributed by atoms with van der Waals surface area (Å²) in [7, 11) is 0. The zero-order valence-electron chi connectivity index (χ0n) is 10.1. The number of hydrogen-bond acceptors (Lipinski definition) is 2. The van der Waals surface area contributed by atoms with Gasteiger partial charge in [0.2, 0.25) is 0 Å². The molecule has 0 saturated heterocycles. The Morgan fingerprint density at radius 2 is 1.80 bits per heavy atom. The minimum Gasteiger partial charge on any atom is -0.489 e. The first-order valence-corrected chi connectivity index (χ1v) is 6.32. The van der Waals surface area contributed by atoms with E-state index < -0.39 is 11.8 Å². The van der Waals surface area contributed by atoms with E-state index >= 15 is 0 Å². The highest BCUT2D eigenvalue weighted by atomic mass is 35.5. The van der Waals surface area contributed by atoms with E-state index in [1.807, 2.05) is 0 Å². The highest BCUT2D eigenvalue weighted by Gasteiger charge is 2.10. The molecule has 0 spiro atoms. The first kappa shape index (κ1) is 14.6. The minimum absolute atomic E-state index is 0.0769. The van der Waals surface area contributed by atoms with Gasteiger partial charge in [-0.05, 0) is 35.9 Å². The number of hydrogen-bond donors (Lipinski definition) is 1. The number of rotatable bonds is 4. The van der Waals surface area contributed by atoms with Crippen LogP contribution >= 0.6 is 23.2 Å². The van der Waals surface area contributed by atoms with Crippen LogP contribution in [0.3, 0.4) is 0 Å². The predicted octanol–water partition coefficient (Wildman–Crippen LogP) is 4.41. The molecule has 0 atom stereocenters. The van der Waals surface area contributed by atoms with Crippen LogP contribution in [0.4, 0.5) is 4.39 Å². The van der Waals surface area contributed by atoms with E-state index in [9.17, 15) is 9.18 Å². The fraction of sp³-hybridized carbons (Fsp3) is 0.0714. The Hall–Kier alpha value is -1.78. The van der Waals surface area contributed by atoms with E-state index in [0.29, 0.717) is 21.4 Å². The van der Waals surface area contributed by atoms with Crippen LogP contribution in [0.25, 0.3) is 0 Å². The average molecular weight is 315 g/mol. The van der Waals surface area contributed by atoms with Crippen LogP contribution in [-0.2, 0) is 6.61 Å². The van der Waals surface area contributed by atoms with Crippen molar-refractivity contribution in [1.29, 1.82) is 0 Å². The van der Waals surface area contributed by atoms with Crippen molar-refractivity contribution >= 4 is 29.2 Å². The summed E-state index contributed by atoms with van der Waals surface area (Å²) in [6.45, 7) is 0.0769. The van der Waals surface area contributed by atoms with Crippen LogP contribution < -0.4 is 4.74 Å². The highest BCUT2D eigenvalue weighted by Crippen LogP contribution is 2.25. The standard InChI is InChI=1S/C14H9Cl2FO3/c15-9-4-10(16)6-11(5-9)20-7-8-1-2-12(14(18)19)13(17)3-8/h1-6H,7H2,(H,18,19). The lowest BCUT2D eigenvalue weighted by Crippen LogP contribution is -2.02. The molecule has 0 aliphatic rings. The van der Waals surface area contributed by atoms with Crippen molar-refractivity contribution in [2.75, 3.05) is 0 Å². The molecule has 0 heterocycles. The second-order valence-corrected chi connectivity index (χ2v) is 4.89. The minimum atomic E-state index is -1.31. The molecule has 3 nitrogen and oxygen atoms in total. The van der Waals surface area contributed by atoms with Crippen molar-refractivity contribution in [2.45, 2.75) is 6.61 Å². The van der Waals surface area contributed by atoms with Crippen LogP contribution in [0.2, 0.25) is 10.0 Å². The maximum Gasteiger partial charge on any atom is 0.338 e. The zero-order chi connectivity index (χ0) is 14.7. The number of ether oxygens (including phenoxy) is 1. The highest BCUT2D eigenvalue weighted by molar-refractivity contribution is 6.34. The van der Waals surface area contributed by atoms with Crippen molar-refractivity contribution in [3.63, 3.8) is 0 Å². The van der Waals surface area contributed by atoms with Gasteiger partial charge in [0, 0.05) is 10.0 Å². The average Bonchev–Trinajstić information content (AvgIpc) is 2.35. The van der Waals surface area contributed by atoms with Crippen molar-refractivity contribution in [3.05, 3.63) is 63.4 Å². The molecule has 0 aliphatic heterocycles. The lowest BCUT2D eigenvalue weighted by atomic mass is 10.1. The topological polar surface area (TPSA) is 46.5 Å². The molecule has 0 bridgehead atoms. The first-order valence-electron chi connectivity index (χ1n) is 5.56. The summed E-state index contributed by atoms with van der Waals surface area (Å²) in [6.07, 6.45) is 0. The molecule has 1 N–H and O–H groups in total. The number of carboxylic acids is 1. The second-order valence-electron chi connectivity index (χ2n) is 4.01. The normalized spacial score (nSPS) is 10.3. The molecular formula is C14H9Cl2FO3. The van der Waals surface area contributed by atoms with E-state index in [1.54, 1.807) is 18.2 Å². The molecule has 0 fully saturated rings. The van der Waals surface area contributed by atoms with Crippen LogP contribution in [0.5, 0.6) is 5.75 Å². The van der Waals surface area contributed by atoms with Gasteiger partial charge in [-0.25, -0.2) is 9.18 Å². The lowest BCUT2D eigenvalue weighted by molar-refractivity contribution is 0.0692. The summed E-state index contributed by atoms with van der Waals surface area (Å²) >= 11 is 11.6. The molecule has 0 unspecified atom stereocenters. The maximum absolute atomic E-state index is 13.5. The van der Waals surface area contributed by atoms with E-state index in [2.05, 4.69) is 0 Å². The molecule has 2 rings (SSSR count). The van der Waals surface area contributed by atoms with Crippen molar-refractivity contribution in [2.24, 2.45) is 0 Å². The monoisotopic (exact) mass is 314 g/mol. The number of carbonyl (C=O) groups is 1. The summed E-state index contributed by atoms with van der Waals surface area (Å²) in [5, 5.41) is 9.59. The summed E-state index contributed by atoms with van der Waals surface area (Å²) in [4.78, 5) is 10.7. The quantitative estimate of drug-likeness (QED) is 0.909. The Kier molecular flexibility index (Phi) is 4.47. The molecule has 2 aromatic carbocycles. The van der Waals surface area contributed by atoms with Gasteiger partial charge < -0.3 is 9.84 Å². The van der Waals surface area contributed by atoms with Gasteiger partial charge in [-0.2, -0.15) is 0 Å². The van der Waals surface area contributed by atoms with Gasteiger partial charge >= 0.3 is 5.97 Å². The van der Waals surface area contributed by atoms with Gasteiger partial charge in [0.1, 0.15) is 18.2 Å². The lowest BCUT2D eigenvalue weighted by Gasteiger charge is -2.08. The van der Waals surface area contributed by atoms with E-state index in [0.717, 1.165) is 6.07 Å². The molecule has 6 heteroatoms. The molecular weight excluding hydrogens is 306 g/mol. The fourth-order valence-electron chi connectivity index (χ4n) is 1.60. The van der Waals surface area contributed by atoms with Gasteiger partial charge in [-0.1, -0.05) is 29.3 Å². The molecule has 2 aromatic rings. The van der Waals surface area contributed by atoms with Crippen LogP contribution in [0.1, 0.15) is 15.9 Å². The third-order valence-corrected chi connectivity index (χ3v) is 2.94.